The zero-order valence-corrected chi connectivity index (χ0v) is 14.4. The second-order valence-corrected chi connectivity index (χ2v) is 6.37. The first-order valence-corrected chi connectivity index (χ1v) is 9.00. The minimum Gasteiger partial charge on any atom is -0.376 e. The highest BCUT2D eigenvalue weighted by Gasteiger charge is 2.18. The fourth-order valence-corrected chi connectivity index (χ4v) is 3.14. The molecule has 0 amide bonds. The number of rotatable bonds is 1. The molecule has 1 aromatic carbocycles. The Kier molecular flexibility index (Phi) is 6.17. The molecular formula is C24H22O. The van der Waals surface area contributed by atoms with Gasteiger partial charge in [0, 0.05) is 11.1 Å². The standard InChI is InChI=1S/C24H22O/c25-24(17-8-7-14-20-10-3-1-4-11-20)23-16-9-15-22(23)19-18-21-12-5-2-6-13-21/h1,3-4,10-12,24-25H,2,5-6,9,13,15-16H2. The van der Waals surface area contributed by atoms with E-state index in [1.54, 1.807) is 0 Å². The molecule has 0 radical (unpaired) electrons. The highest BCUT2D eigenvalue weighted by Crippen LogP contribution is 2.28. The summed E-state index contributed by atoms with van der Waals surface area (Å²) in [6.45, 7) is 0. The molecule has 1 nitrogen and oxygen atoms in total. The van der Waals surface area contributed by atoms with Crippen LogP contribution in [-0.4, -0.2) is 11.2 Å². The van der Waals surface area contributed by atoms with Gasteiger partial charge < -0.3 is 5.11 Å². The Morgan fingerprint density at radius 3 is 2.52 bits per heavy atom. The largest absolute Gasteiger partial charge is 0.376 e. The lowest BCUT2D eigenvalue weighted by Crippen LogP contribution is -2.06. The predicted octanol–water partition coefficient (Wildman–Crippen LogP) is 4.39. The van der Waals surface area contributed by atoms with Gasteiger partial charge in [0.1, 0.15) is 6.10 Å². The fraction of sp³-hybridized carbons (Fsp3) is 0.333. The average molecular weight is 326 g/mol. The van der Waals surface area contributed by atoms with Crippen molar-refractivity contribution < 1.29 is 5.11 Å². The summed E-state index contributed by atoms with van der Waals surface area (Å²) in [5.41, 5.74) is 4.24. The molecule has 0 saturated heterocycles. The van der Waals surface area contributed by atoms with Crippen molar-refractivity contribution in [2.45, 2.75) is 51.0 Å². The zero-order chi connectivity index (χ0) is 17.3. The van der Waals surface area contributed by atoms with E-state index in [2.05, 4.69) is 41.6 Å². The van der Waals surface area contributed by atoms with Crippen LogP contribution in [0.1, 0.15) is 50.5 Å². The third-order valence-electron chi connectivity index (χ3n) is 4.51. The first-order chi connectivity index (χ1) is 12.3. The lowest BCUT2D eigenvalue weighted by molar-refractivity contribution is 0.265. The molecule has 25 heavy (non-hydrogen) atoms. The molecule has 0 aliphatic heterocycles. The van der Waals surface area contributed by atoms with Crippen LogP contribution in [0.25, 0.3) is 0 Å². The maximum atomic E-state index is 10.4. The molecule has 2 aliphatic carbocycles. The second kappa shape index (κ2) is 8.99. The summed E-state index contributed by atoms with van der Waals surface area (Å²) in [6, 6.07) is 9.74. The van der Waals surface area contributed by atoms with Crippen LogP contribution in [0.4, 0.5) is 0 Å². The molecule has 1 atom stereocenters. The average Bonchev–Trinajstić information content (AvgIpc) is 3.14. The van der Waals surface area contributed by atoms with Gasteiger partial charge in [0.15, 0.2) is 0 Å². The van der Waals surface area contributed by atoms with Crippen LogP contribution in [-0.2, 0) is 0 Å². The molecule has 2 aliphatic rings. The topological polar surface area (TPSA) is 20.2 Å². The van der Waals surface area contributed by atoms with Crippen molar-refractivity contribution in [1.29, 1.82) is 0 Å². The maximum Gasteiger partial charge on any atom is 0.138 e. The number of hydrogen-bond donors (Lipinski definition) is 1. The number of aliphatic hydroxyl groups is 1. The third-order valence-corrected chi connectivity index (χ3v) is 4.51. The molecule has 0 bridgehead atoms. The van der Waals surface area contributed by atoms with E-state index in [0.717, 1.165) is 48.8 Å². The van der Waals surface area contributed by atoms with Crippen LogP contribution < -0.4 is 0 Å². The molecule has 1 unspecified atom stereocenters. The van der Waals surface area contributed by atoms with Crippen LogP contribution in [0.3, 0.4) is 0 Å². The molecule has 1 heteroatoms. The molecular weight excluding hydrogens is 304 g/mol. The van der Waals surface area contributed by atoms with Crippen molar-refractivity contribution in [3.8, 4) is 35.5 Å². The summed E-state index contributed by atoms with van der Waals surface area (Å²) >= 11 is 0. The van der Waals surface area contributed by atoms with E-state index >= 15 is 0 Å². The Morgan fingerprint density at radius 1 is 0.840 bits per heavy atom. The van der Waals surface area contributed by atoms with E-state index in [1.165, 1.54) is 18.4 Å². The maximum absolute atomic E-state index is 10.4. The van der Waals surface area contributed by atoms with E-state index in [-0.39, 0.29) is 0 Å². The zero-order valence-electron chi connectivity index (χ0n) is 14.4. The summed E-state index contributed by atoms with van der Waals surface area (Å²) in [6.07, 6.45) is 9.12. The molecule has 1 N–H and O–H groups in total. The molecule has 0 fully saturated rings. The van der Waals surface area contributed by atoms with Gasteiger partial charge in [0.25, 0.3) is 0 Å². The summed E-state index contributed by atoms with van der Waals surface area (Å²) in [7, 11) is 0. The molecule has 0 spiro atoms. The third kappa shape index (κ3) is 5.16. The molecule has 124 valence electrons. The van der Waals surface area contributed by atoms with Crippen LogP contribution in [0.15, 0.2) is 53.1 Å². The van der Waals surface area contributed by atoms with Gasteiger partial charge >= 0.3 is 0 Å². The van der Waals surface area contributed by atoms with Gasteiger partial charge in [-0.3, -0.25) is 0 Å². The number of allylic oxidation sites excluding steroid dienone is 3. The summed E-state index contributed by atoms with van der Waals surface area (Å²) in [5, 5.41) is 10.4. The molecule has 3 rings (SSSR count). The smallest absolute Gasteiger partial charge is 0.138 e. The Hall–Kier alpha value is -2.66. The van der Waals surface area contributed by atoms with Crippen LogP contribution in [0, 0.1) is 35.5 Å². The van der Waals surface area contributed by atoms with Gasteiger partial charge in [-0.15, -0.1) is 0 Å². The number of hydrogen-bond acceptors (Lipinski definition) is 1. The minimum absolute atomic E-state index is 0.753. The minimum atomic E-state index is -0.753. The van der Waals surface area contributed by atoms with Crippen LogP contribution >= 0.6 is 0 Å². The Balaban J connectivity index is 1.69. The van der Waals surface area contributed by atoms with Crippen LogP contribution in [0.2, 0.25) is 0 Å². The monoisotopic (exact) mass is 326 g/mol. The SMILES string of the molecule is OC(C#CC#Cc1ccccc1)C1=C(C#CC2=CCCCC2)CCC1. The van der Waals surface area contributed by atoms with Crippen molar-refractivity contribution in [3.63, 3.8) is 0 Å². The quantitative estimate of drug-likeness (QED) is 0.759. The lowest BCUT2D eigenvalue weighted by atomic mass is 9.99. The predicted molar refractivity (Wildman–Crippen MR) is 102 cm³/mol. The first-order valence-electron chi connectivity index (χ1n) is 9.00. The molecule has 0 saturated carbocycles. The number of aliphatic hydroxyl groups excluding tert-OH is 1. The summed E-state index contributed by atoms with van der Waals surface area (Å²) in [4.78, 5) is 0. The first kappa shape index (κ1) is 17.2. The molecule has 1 aromatic rings. The van der Waals surface area contributed by atoms with Gasteiger partial charge in [0.05, 0.1) is 0 Å². The van der Waals surface area contributed by atoms with Crippen molar-refractivity contribution in [2.24, 2.45) is 0 Å². The van der Waals surface area contributed by atoms with Crippen molar-refractivity contribution >= 4 is 0 Å². The van der Waals surface area contributed by atoms with E-state index in [4.69, 9.17) is 0 Å². The molecule has 0 aromatic heterocycles. The van der Waals surface area contributed by atoms with Gasteiger partial charge in [-0.2, -0.15) is 0 Å². The van der Waals surface area contributed by atoms with E-state index in [0.29, 0.717) is 0 Å². The van der Waals surface area contributed by atoms with Gasteiger partial charge in [-0.05, 0) is 80.1 Å². The Bertz CT molecular complexity index is 851. The summed E-state index contributed by atoms with van der Waals surface area (Å²) in [5.74, 6) is 18.0. The summed E-state index contributed by atoms with van der Waals surface area (Å²) < 4.78 is 0. The van der Waals surface area contributed by atoms with Gasteiger partial charge in [0.2, 0.25) is 0 Å². The lowest BCUT2D eigenvalue weighted by Gasteiger charge is -2.07. The Morgan fingerprint density at radius 2 is 1.72 bits per heavy atom. The molecule has 0 heterocycles. The Labute approximate surface area is 150 Å². The van der Waals surface area contributed by atoms with E-state index < -0.39 is 6.10 Å². The van der Waals surface area contributed by atoms with Crippen molar-refractivity contribution in [1.82, 2.24) is 0 Å². The van der Waals surface area contributed by atoms with Crippen LogP contribution in [0.5, 0.6) is 0 Å². The van der Waals surface area contributed by atoms with Crippen molar-refractivity contribution in [3.05, 3.63) is 58.7 Å². The fourth-order valence-electron chi connectivity index (χ4n) is 3.14. The second-order valence-electron chi connectivity index (χ2n) is 6.37. The van der Waals surface area contributed by atoms with E-state index in [1.807, 2.05) is 30.3 Å². The number of benzene rings is 1. The van der Waals surface area contributed by atoms with Crippen molar-refractivity contribution in [2.75, 3.05) is 0 Å². The normalized spacial score (nSPS) is 17.2. The highest BCUT2D eigenvalue weighted by molar-refractivity contribution is 5.46. The van der Waals surface area contributed by atoms with Gasteiger partial charge in [-0.1, -0.05) is 48.0 Å². The van der Waals surface area contributed by atoms with Gasteiger partial charge in [-0.25, -0.2) is 0 Å². The van der Waals surface area contributed by atoms with E-state index in [9.17, 15) is 5.11 Å². The highest BCUT2D eigenvalue weighted by atomic mass is 16.3.